The second-order valence-electron chi connectivity index (χ2n) is 6.84. The molecule has 2 aromatic carbocycles. The maximum Gasteiger partial charge on any atom is 0.416 e. The maximum absolute atomic E-state index is 13.5. The zero-order valence-corrected chi connectivity index (χ0v) is 16.8. The normalized spacial score (nSPS) is 14.4. The molecule has 0 aromatic heterocycles. The van der Waals surface area contributed by atoms with Gasteiger partial charge in [-0.15, -0.1) is 0 Å². The van der Waals surface area contributed by atoms with E-state index in [0.29, 0.717) is 32.0 Å². The van der Waals surface area contributed by atoms with E-state index in [1.54, 1.807) is 11.0 Å². The Balaban J connectivity index is 1.66. The van der Waals surface area contributed by atoms with E-state index in [4.69, 9.17) is 9.47 Å². The lowest BCUT2D eigenvalue weighted by Gasteiger charge is -2.31. The van der Waals surface area contributed by atoms with Crippen LogP contribution in [0.3, 0.4) is 0 Å². The van der Waals surface area contributed by atoms with Gasteiger partial charge >= 0.3 is 12.1 Å². The number of rotatable bonds is 6. The van der Waals surface area contributed by atoms with E-state index in [9.17, 15) is 27.2 Å². The molecule has 0 saturated carbocycles. The van der Waals surface area contributed by atoms with E-state index in [0.717, 1.165) is 18.2 Å². The molecule has 3 rings (SSSR count). The first kappa shape index (κ1) is 23.3. The van der Waals surface area contributed by atoms with Gasteiger partial charge in [0.2, 0.25) is 0 Å². The van der Waals surface area contributed by atoms with Gasteiger partial charge in [0.25, 0.3) is 5.91 Å². The summed E-state index contributed by atoms with van der Waals surface area (Å²) in [6, 6.07) is 8.81. The van der Waals surface area contributed by atoms with Gasteiger partial charge < -0.3 is 19.7 Å². The summed E-state index contributed by atoms with van der Waals surface area (Å²) in [7, 11) is 0. The number of hydrogen-bond donors (Lipinski definition) is 1. The van der Waals surface area contributed by atoms with Crippen molar-refractivity contribution in [3.05, 3.63) is 65.5 Å². The van der Waals surface area contributed by atoms with Gasteiger partial charge in [-0.2, -0.15) is 13.2 Å². The van der Waals surface area contributed by atoms with E-state index in [-0.39, 0.29) is 11.3 Å². The van der Waals surface area contributed by atoms with Gasteiger partial charge in [0.05, 0.1) is 30.2 Å². The molecule has 1 aliphatic rings. The highest BCUT2D eigenvalue weighted by Crippen LogP contribution is 2.35. The molecular formula is C22H20F4N2O4. The number of carbonyl (C=O) groups is 2. The Morgan fingerprint density at radius 1 is 1.12 bits per heavy atom. The summed E-state index contributed by atoms with van der Waals surface area (Å²) in [5.74, 6) is -2.25. The number of benzene rings is 2. The average Bonchev–Trinajstić information content (AvgIpc) is 2.77. The molecule has 1 N–H and O–H groups in total. The van der Waals surface area contributed by atoms with Gasteiger partial charge in [-0.05, 0) is 30.3 Å². The first-order valence-electron chi connectivity index (χ1n) is 9.67. The van der Waals surface area contributed by atoms with Gasteiger partial charge in [0.15, 0.2) is 6.61 Å². The van der Waals surface area contributed by atoms with Gasteiger partial charge in [-0.3, -0.25) is 4.79 Å². The second-order valence-corrected chi connectivity index (χ2v) is 6.84. The predicted octanol–water partition coefficient (Wildman–Crippen LogP) is 3.88. The first-order valence-corrected chi connectivity index (χ1v) is 9.67. The molecule has 0 aliphatic carbocycles. The molecule has 32 heavy (non-hydrogen) atoms. The third kappa shape index (κ3) is 6.30. The molecule has 1 fully saturated rings. The van der Waals surface area contributed by atoms with Crippen molar-refractivity contribution in [2.24, 2.45) is 0 Å². The molecule has 1 heterocycles. The quantitative estimate of drug-likeness (QED) is 0.410. The van der Waals surface area contributed by atoms with E-state index < -0.39 is 36.0 Å². The fourth-order valence-electron chi connectivity index (χ4n) is 3.03. The number of nitrogens with one attached hydrogen (secondary N) is 1. The zero-order chi connectivity index (χ0) is 23.1. The highest BCUT2D eigenvalue weighted by Gasteiger charge is 2.32. The number of hydrogen-bond acceptors (Lipinski definition) is 5. The number of amides is 1. The van der Waals surface area contributed by atoms with E-state index >= 15 is 0 Å². The monoisotopic (exact) mass is 452 g/mol. The molecule has 0 unspecified atom stereocenters. The lowest BCUT2D eigenvalue weighted by atomic mass is 10.1. The van der Waals surface area contributed by atoms with Gasteiger partial charge in [-0.1, -0.05) is 18.2 Å². The molecule has 0 spiro atoms. The summed E-state index contributed by atoms with van der Waals surface area (Å²) in [5, 5.41) is 2.38. The third-order valence-electron chi connectivity index (χ3n) is 4.60. The lowest BCUT2D eigenvalue weighted by molar-refractivity contribution is -0.142. The molecule has 0 radical (unpaired) electrons. The molecule has 0 atom stereocenters. The van der Waals surface area contributed by atoms with Crippen LogP contribution in [0.25, 0.3) is 6.08 Å². The van der Waals surface area contributed by atoms with Crippen molar-refractivity contribution < 1.29 is 36.6 Å². The van der Waals surface area contributed by atoms with Crippen molar-refractivity contribution in [3.63, 3.8) is 0 Å². The fraction of sp³-hybridized carbons (Fsp3) is 0.273. The van der Waals surface area contributed by atoms with Crippen LogP contribution in [-0.2, 0) is 25.2 Å². The third-order valence-corrected chi connectivity index (χ3v) is 4.60. The average molecular weight is 452 g/mol. The Morgan fingerprint density at radius 3 is 2.53 bits per heavy atom. The topological polar surface area (TPSA) is 67.9 Å². The predicted molar refractivity (Wildman–Crippen MR) is 109 cm³/mol. The summed E-state index contributed by atoms with van der Waals surface area (Å²) >= 11 is 0. The van der Waals surface area contributed by atoms with Crippen LogP contribution in [0, 0.1) is 5.82 Å². The molecular weight excluding hydrogens is 432 g/mol. The number of morpholine rings is 1. The second kappa shape index (κ2) is 10.3. The summed E-state index contributed by atoms with van der Waals surface area (Å²) in [5.41, 5.74) is -0.409. The van der Waals surface area contributed by atoms with Gasteiger partial charge in [0, 0.05) is 24.7 Å². The largest absolute Gasteiger partial charge is 0.452 e. The number of halogens is 4. The summed E-state index contributed by atoms with van der Waals surface area (Å²) < 4.78 is 63.0. The van der Waals surface area contributed by atoms with Crippen LogP contribution >= 0.6 is 0 Å². The van der Waals surface area contributed by atoms with Crippen molar-refractivity contribution in [1.82, 2.24) is 0 Å². The molecule has 1 saturated heterocycles. The Hall–Kier alpha value is -3.40. The summed E-state index contributed by atoms with van der Waals surface area (Å²) in [6.07, 6.45) is -2.44. The van der Waals surface area contributed by atoms with Crippen LogP contribution in [0.4, 0.5) is 28.9 Å². The molecule has 1 amide bonds. The summed E-state index contributed by atoms with van der Waals surface area (Å²) in [4.78, 5) is 25.8. The minimum atomic E-state index is -4.59. The molecule has 2 aromatic rings. The molecule has 1 aliphatic heterocycles. The molecule has 170 valence electrons. The van der Waals surface area contributed by atoms with Crippen LogP contribution in [0.2, 0.25) is 0 Å². The highest BCUT2D eigenvalue weighted by molar-refractivity contribution is 5.97. The fourth-order valence-corrected chi connectivity index (χ4v) is 3.03. The highest BCUT2D eigenvalue weighted by atomic mass is 19.4. The minimum absolute atomic E-state index is 0.0512. The maximum atomic E-state index is 13.5. The number of esters is 1. The van der Waals surface area contributed by atoms with E-state index in [1.165, 1.54) is 30.3 Å². The Kier molecular flexibility index (Phi) is 7.47. The van der Waals surface area contributed by atoms with E-state index in [2.05, 4.69) is 5.32 Å². The summed E-state index contributed by atoms with van der Waals surface area (Å²) in [6.45, 7) is 0.980. The van der Waals surface area contributed by atoms with Crippen LogP contribution in [0.1, 0.15) is 11.1 Å². The number of carbonyl (C=O) groups excluding carboxylic acids is 2. The van der Waals surface area contributed by atoms with Crippen molar-refractivity contribution in [1.29, 1.82) is 0 Å². The van der Waals surface area contributed by atoms with Crippen LogP contribution < -0.4 is 10.2 Å². The molecule has 6 nitrogen and oxygen atoms in total. The smallest absolute Gasteiger partial charge is 0.416 e. The zero-order valence-electron chi connectivity index (χ0n) is 16.8. The number of nitrogens with zero attached hydrogens (tertiary/aromatic N) is 1. The van der Waals surface area contributed by atoms with Crippen LogP contribution in [0.5, 0.6) is 0 Å². The van der Waals surface area contributed by atoms with E-state index in [1.807, 2.05) is 0 Å². The van der Waals surface area contributed by atoms with Crippen molar-refractivity contribution in [2.75, 3.05) is 43.1 Å². The Bertz CT molecular complexity index is 1000. The SMILES string of the molecule is O=C(COC(=O)/C=C/c1ccccc1F)Nc1cc(C(F)(F)F)ccc1N1CCOCC1. The first-order chi connectivity index (χ1) is 15.2. The minimum Gasteiger partial charge on any atom is -0.452 e. The Labute approximate surface area is 181 Å². The number of anilines is 2. The van der Waals surface area contributed by atoms with Crippen molar-refractivity contribution in [2.45, 2.75) is 6.18 Å². The van der Waals surface area contributed by atoms with Crippen molar-refractivity contribution >= 4 is 29.3 Å². The molecule has 0 bridgehead atoms. The van der Waals surface area contributed by atoms with Gasteiger partial charge in [0.1, 0.15) is 5.82 Å². The lowest BCUT2D eigenvalue weighted by Crippen LogP contribution is -2.37. The standard InChI is InChI=1S/C22H20F4N2O4/c23-17-4-2-1-3-15(17)5-8-21(30)32-14-20(29)27-18-13-16(22(24,25)26)6-7-19(18)28-9-11-31-12-10-28/h1-8,13H,9-12,14H2,(H,27,29)/b8-5+. The number of alkyl halides is 3. The Morgan fingerprint density at radius 2 is 1.84 bits per heavy atom. The number of ether oxygens (including phenoxy) is 2. The van der Waals surface area contributed by atoms with Crippen molar-refractivity contribution in [3.8, 4) is 0 Å². The van der Waals surface area contributed by atoms with Crippen LogP contribution in [-0.4, -0.2) is 44.8 Å². The van der Waals surface area contributed by atoms with Gasteiger partial charge in [-0.25, -0.2) is 9.18 Å². The molecule has 10 heteroatoms. The van der Waals surface area contributed by atoms with Crippen LogP contribution in [0.15, 0.2) is 48.5 Å².